The summed E-state index contributed by atoms with van der Waals surface area (Å²) in [6, 6.07) is 8.36. The van der Waals surface area contributed by atoms with Gasteiger partial charge in [-0.3, -0.25) is 0 Å². The summed E-state index contributed by atoms with van der Waals surface area (Å²) in [5, 5.41) is 11.7. The maximum atomic E-state index is 4.19. The first-order valence-corrected chi connectivity index (χ1v) is 7.51. The molecule has 1 aromatic carbocycles. The van der Waals surface area contributed by atoms with E-state index >= 15 is 0 Å². The molecule has 102 valence electrons. The molecule has 0 aliphatic carbocycles. The zero-order valence-electron chi connectivity index (χ0n) is 11.8. The summed E-state index contributed by atoms with van der Waals surface area (Å²) in [6.45, 7) is 7.02. The van der Waals surface area contributed by atoms with Crippen LogP contribution in [-0.2, 0) is 12.1 Å². The molecule has 0 atom stereocenters. The molecule has 1 N–H and O–H groups in total. The van der Waals surface area contributed by atoms with Crippen LogP contribution in [0.3, 0.4) is 0 Å². The zero-order chi connectivity index (χ0) is 13.9. The Morgan fingerprint density at radius 1 is 1.32 bits per heavy atom. The average molecular weight is 276 g/mol. The maximum Gasteiger partial charge on any atom is 0.102 e. The Bertz CT molecular complexity index is 542. The van der Waals surface area contributed by atoms with E-state index in [4.69, 9.17) is 0 Å². The second-order valence-corrected chi connectivity index (χ2v) is 6.29. The van der Waals surface area contributed by atoms with Crippen molar-refractivity contribution in [3.63, 3.8) is 0 Å². The second kappa shape index (κ2) is 5.65. The Kier molecular flexibility index (Phi) is 4.14. The maximum absolute atomic E-state index is 4.19. The highest BCUT2D eigenvalue weighted by atomic mass is 32.2. The Labute approximate surface area is 118 Å². The van der Waals surface area contributed by atoms with Gasteiger partial charge in [0.05, 0.1) is 18.3 Å². The molecule has 0 saturated heterocycles. The summed E-state index contributed by atoms with van der Waals surface area (Å²) in [4.78, 5) is 1.25. The van der Waals surface area contributed by atoms with Gasteiger partial charge in [0, 0.05) is 10.6 Å². The van der Waals surface area contributed by atoms with Crippen molar-refractivity contribution in [1.82, 2.24) is 15.0 Å². The molecule has 0 radical (unpaired) electrons. The van der Waals surface area contributed by atoms with Crippen LogP contribution in [-0.4, -0.2) is 21.2 Å². The standard InChI is InChI=1S/C14H20N4S/c1-14(2,3)18-10-12(16-17-18)9-15-11-6-5-7-13(8-11)19-4/h5-8,10,15H,9H2,1-4H3. The lowest BCUT2D eigenvalue weighted by Gasteiger charge is -2.17. The first kappa shape index (κ1) is 13.9. The predicted octanol–water partition coefficient (Wildman–Crippen LogP) is 3.37. The lowest BCUT2D eigenvalue weighted by Crippen LogP contribution is -2.22. The fraction of sp³-hybridized carbons (Fsp3) is 0.429. The molecule has 0 spiro atoms. The van der Waals surface area contributed by atoms with E-state index in [1.54, 1.807) is 11.8 Å². The molecule has 0 bridgehead atoms. The van der Waals surface area contributed by atoms with Gasteiger partial charge in [-0.15, -0.1) is 16.9 Å². The highest BCUT2D eigenvalue weighted by Crippen LogP contribution is 2.19. The summed E-state index contributed by atoms with van der Waals surface area (Å²) in [5.74, 6) is 0. The third kappa shape index (κ3) is 3.73. The Balaban J connectivity index is 2.00. The number of anilines is 1. The average Bonchev–Trinajstić information content (AvgIpc) is 2.85. The summed E-state index contributed by atoms with van der Waals surface area (Å²) in [6.07, 6.45) is 4.07. The first-order valence-electron chi connectivity index (χ1n) is 6.28. The van der Waals surface area contributed by atoms with Crippen molar-refractivity contribution in [3.8, 4) is 0 Å². The van der Waals surface area contributed by atoms with Crippen molar-refractivity contribution in [2.24, 2.45) is 0 Å². The first-order chi connectivity index (χ1) is 8.99. The number of nitrogens with one attached hydrogen (secondary N) is 1. The van der Waals surface area contributed by atoms with Crippen molar-refractivity contribution in [1.29, 1.82) is 0 Å². The minimum atomic E-state index is -0.0238. The Hall–Kier alpha value is -1.49. The van der Waals surface area contributed by atoms with Crippen LogP contribution in [0, 0.1) is 0 Å². The van der Waals surface area contributed by atoms with E-state index in [2.05, 4.69) is 66.9 Å². The van der Waals surface area contributed by atoms with Crippen molar-refractivity contribution < 1.29 is 0 Å². The van der Waals surface area contributed by atoms with Crippen LogP contribution in [0.15, 0.2) is 35.4 Å². The van der Waals surface area contributed by atoms with Crippen LogP contribution in [0.5, 0.6) is 0 Å². The van der Waals surface area contributed by atoms with Crippen LogP contribution >= 0.6 is 11.8 Å². The smallest absolute Gasteiger partial charge is 0.102 e. The number of rotatable bonds is 4. The number of hydrogen-bond acceptors (Lipinski definition) is 4. The molecular weight excluding hydrogens is 256 g/mol. The van der Waals surface area contributed by atoms with Gasteiger partial charge < -0.3 is 5.32 Å². The highest BCUT2D eigenvalue weighted by molar-refractivity contribution is 7.98. The van der Waals surface area contributed by atoms with E-state index in [0.29, 0.717) is 6.54 Å². The van der Waals surface area contributed by atoms with Crippen LogP contribution in [0.25, 0.3) is 0 Å². The molecule has 5 heteroatoms. The van der Waals surface area contributed by atoms with E-state index in [1.807, 2.05) is 10.9 Å². The third-order valence-electron chi connectivity index (χ3n) is 2.77. The molecule has 4 nitrogen and oxygen atoms in total. The molecule has 19 heavy (non-hydrogen) atoms. The zero-order valence-corrected chi connectivity index (χ0v) is 12.7. The minimum Gasteiger partial charge on any atom is -0.379 e. The molecule has 2 rings (SSSR count). The molecule has 0 aliphatic heterocycles. The number of benzene rings is 1. The fourth-order valence-corrected chi connectivity index (χ4v) is 2.09. The molecule has 1 heterocycles. The highest BCUT2D eigenvalue weighted by Gasteiger charge is 2.14. The topological polar surface area (TPSA) is 42.7 Å². The normalized spacial score (nSPS) is 11.6. The van der Waals surface area contributed by atoms with Gasteiger partial charge in [-0.1, -0.05) is 11.3 Å². The van der Waals surface area contributed by atoms with Crippen LogP contribution in [0.2, 0.25) is 0 Å². The van der Waals surface area contributed by atoms with Crippen LogP contribution in [0.4, 0.5) is 5.69 Å². The Morgan fingerprint density at radius 3 is 2.74 bits per heavy atom. The van der Waals surface area contributed by atoms with Crippen LogP contribution < -0.4 is 5.32 Å². The molecule has 1 aromatic heterocycles. The van der Waals surface area contributed by atoms with Gasteiger partial charge in [0.25, 0.3) is 0 Å². The van der Waals surface area contributed by atoms with Crippen molar-refractivity contribution in [2.75, 3.05) is 11.6 Å². The van der Waals surface area contributed by atoms with Gasteiger partial charge in [0.1, 0.15) is 5.69 Å². The fourth-order valence-electron chi connectivity index (χ4n) is 1.63. The van der Waals surface area contributed by atoms with E-state index in [-0.39, 0.29) is 5.54 Å². The minimum absolute atomic E-state index is 0.0238. The quantitative estimate of drug-likeness (QED) is 0.870. The number of aromatic nitrogens is 3. The molecule has 0 unspecified atom stereocenters. The van der Waals surface area contributed by atoms with Crippen molar-refractivity contribution >= 4 is 17.4 Å². The largest absolute Gasteiger partial charge is 0.379 e. The van der Waals surface area contributed by atoms with Gasteiger partial charge in [-0.2, -0.15) is 0 Å². The molecule has 0 saturated carbocycles. The SMILES string of the molecule is CSc1cccc(NCc2cn(C(C)(C)C)nn2)c1. The summed E-state index contributed by atoms with van der Waals surface area (Å²) in [7, 11) is 0. The molecule has 2 aromatic rings. The lowest BCUT2D eigenvalue weighted by molar-refractivity contribution is 0.347. The summed E-state index contributed by atoms with van der Waals surface area (Å²) < 4.78 is 1.89. The molecule has 0 fully saturated rings. The molecule has 0 aliphatic rings. The summed E-state index contributed by atoms with van der Waals surface area (Å²) in [5.41, 5.74) is 2.03. The van der Waals surface area contributed by atoms with Crippen molar-refractivity contribution in [2.45, 2.75) is 37.8 Å². The second-order valence-electron chi connectivity index (χ2n) is 5.41. The number of nitrogens with zero attached hydrogens (tertiary/aromatic N) is 3. The van der Waals surface area contributed by atoms with Gasteiger partial charge in [-0.05, 0) is 45.2 Å². The third-order valence-corrected chi connectivity index (χ3v) is 3.50. The van der Waals surface area contributed by atoms with E-state index < -0.39 is 0 Å². The van der Waals surface area contributed by atoms with E-state index in [9.17, 15) is 0 Å². The van der Waals surface area contributed by atoms with Crippen molar-refractivity contribution in [3.05, 3.63) is 36.2 Å². The summed E-state index contributed by atoms with van der Waals surface area (Å²) >= 11 is 1.74. The lowest BCUT2D eigenvalue weighted by atomic mass is 10.1. The van der Waals surface area contributed by atoms with E-state index in [0.717, 1.165) is 11.4 Å². The van der Waals surface area contributed by atoms with Gasteiger partial charge >= 0.3 is 0 Å². The monoisotopic (exact) mass is 276 g/mol. The number of hydrogen-bond donors (Lipinski definition) is 1. The number of thioether (sulfide) groups is 1. The molecule has 0 amide bonds. The van der Waals surface area contributed by atoms with Gasteiger partial charge in [-0.25, -0.2) is 4.68 Å². The van der Waals surface area contributed by atoms with Gasteiger partial charge in [0.2, 0.25) is 0 Å². The Morgan fingerprint density at radius 2 is 2.11 bits per heavy atom. The van der Waals surface area contributed by atoms with E-state index in [1.165, 1.54) is 4.90 Å². The molecular formula is C14H20N4S. The van der Waals surface area contributed by atoms with Gasteiger partial charge in [0.15, 0.2) is 0 Å². The van der Waals surface area contributed by atoms with Crippen LogP contribution in [0.1, 0.15) is 26.5 Å². The predicted molar refractivity (Wildman–Crippen MR) is 80.6 cm³/mol.